The number of benzene rings is 2. The molecular weight excluding hydrogens is 436 g/mol. The number of unbranched alkanes of at least 4 members (excludes halogenated alkanes) is 6. The average molecular weight is 481 g/mol. The first kappa shape index (κ1) is 27.3. The normalized spacial score (nSPS) is 19.9. The first-order valence-electron chi connectivity index (χ1n) is 13.8. The molecule has 0 spiro atoms. The van der Waals surface area contributed by atoms with Crippen molar-refractivity contribution in [1.82, 2.24) is 0 Å². The van der Waals surface area contributed by atoms with Crippen molar-refractivity contribution in [2.45, 2.75) is 96.5 Å². The van der Waals surface area contributed by atoms with E-state index in [1.165, 1.54) is 32.1 Å². The fourth-order valence-corrected chi connectivity index (χ4v) is 4.87. The Morgan fingerprint density at radius 2 is 1.34 bits per heavy atom. The highest BCUT2D eigenvalue weighted by Gasteiger charge is 2.37. The van der Waals surface area contributed by atoms with E-state index in [9.17, 15) is 9.90 Å². The standard InChI is InChI=1S/C31H44O4/c1-3-5-7-9-23-34-29-17-13-26(14-18-29)25-11-15-28(16-12-25)31(33)21-19-27(20-22-31)30(32)35-24-10-8-6-4-2/h11-18,27,33H,3-10,19-24H2,1-2H3. The molecule has 1 N–H and O–H groups in total. The van der Waals surface area contributed by atoms with Crippen LogP contribution in [0.25, 0.3) is 11.1 Å². The molecule has 0 heterocycles. The molecule has 192 valence electrons. The van der Waals surface area contributed by atoms with Crippen LogP contribution in [0, 0.1) is 5.92 Å². The highest BCUT2D eigenvalue weighted by atomic mass is 16.5. The summed E-state index contributed by atoms with van der Waals surface area (Å²) < 4.78 is 11.3. The van der Waals surface area contributed by atoms with Crippen LogP contribution >= 0.6 is 0 Å². The number of rotatable bonds is 14. The Balaban J connectivity index is 1.47. The van der Waals surface area contributed by atoms with Gasteiger partial charge in [-0.2, -0.15) is 0 Å². The number of hydrogen-bond acceptors (Lipinski definition) is 4. The minimum Gasteiger partial charge on any atom is -0.494 e. The van der Waals surface area contributed by atoms with E-state index >= 15 is 0 Å². The molecular formula is C31H44O4. The molecule has 1 aliphatic rings. The van der Waals surface area contributed by atoms with Gasteiger partial charge in [0, 0.05) is 0 Å². The third-order valence-electron chi connectivity index (χ3n) is 7.26. The van der Waals surface area contributed by atoms with Crippen molar-refractivity contribution in [3.63, 3.8) is 0 Å². The Kier molecular flexibility index (Phi) is 11.1. The van der Waals surface area contributed by atoms with Crippen LogP contribution in [-0.2, 0) is 15.1 Å². The van der Waals surface area contributed by atoms with Crippen molar-refractivity contribution in [1.29, 1.82) is 0 Å². The van der Waals surface area contributed by atoms with Crippen LogP contribution in [0.2, 0.25) is 0 Å². The minimum atomic E-state index is -0.869. The fraction of sp³-hybridized carbons (Fsp3) is 0.581. The molecule has 0 aliphatic heterocycles. The van der Waals surface area contributed by atoms with Crippen molar-refractivity contribution in [2.75, 3.05) is 13.2 Å². The van der Waals surface area contributed by atoms with Crippen LogP contribution in [0.3, 0.4) is 0 Å². The smallest absolute Gasteiger partial charge is 0.308 e. The Morgan fingerprint density at radius 3 is 1.91 bits per heavy atom. The lowest BCUT2D eigenvalue weighted by Crippen LogP contribution is -2.34. The van der Waals surface area contributed by atoms with E-state index in [2.05, 4.69) is 38.1 Å². The molecule has 2 aromatic carbocycles. The SMILES string of the molecule is CCCCCCOC(=O)C1CCC(O)(c2ccc(-c3ccc(OCCCCCC)cc3)cc2)CC1. The topological polar surface area (TPSA) is 55.8 Å². The summed E-state index contributed by atoms with van der Waals surface area (Å²) in [6, 6.07) is 16.4. The van der Waals surface area contributed by atoms with Gasteiger partial charge < -0.3 is 14.6 Å². The van der Waals surface area contributed by atoms with Gasteiger partial charge >= 0.3 is 5.97 Å². The maximum atomic E-state index is 12.4. The van der Waals surface area contributed by atoms with Gasteiger partial charge in [0.15, 0.2) is 0 Å². The van der Waals surface area contributed by atoms with Gasteiger partial charge in [0.2, 0.25) is 0 Å². The van der Waals surface area contributed by atoms with E-state index in [1.54, 1.807) is 0 Å². The number of hydrogen-bond donors (Lipinski definition) is 1. The molecule has 0 bridgehead atoms. The Bertz CT molecular complexity index is 864. The second-order valence-electron chi connectivity index (χ2n) is 10.0. The summed E-state index contributed by atoms with van der Waals surface area (Å²) in [5.74, 6) is 0.729. The van der Waals surface area contributed by atoms with Crippen molar-refractivity contribution >= 4 is 5.97 Å². The van der Waals surface area contributed by atoms with E-state index in [0.717, 1.165) is 48.3 Å². The molecule has 3 rings (SSSR count). The predicted octanol–water partition coefficient (Wildman–Crippen LogP) is 7.81. The number of carbonyl (C=O) groups excluding carboxylic acids is 1. The second kappa shape index (κ2) is 14.3. The van der Waals surface area contributed by atoms with Gasteiger partial charge in [0.1, 0.15) is 5.75 Å². The van der Waals surface area contributed by atoms with Gasteiger partial charge in [-0.3, -0.25) is 4.79 Å². The summed E-state index contributed by atoms with van der Waals surface area (Å²) >= 11 is 0. The molecule has 0 radical (unpaired) electrons. The highest BCUT2D eigenvalue weighted by molar-refractivity contribution is 5.72. The second-order valence-corrected chi connectivity index (χ2v) is 10.0. The summed E-state index contributed by atoms with van der Waals surface area (Å²) in [7, 11) is 0. The molecule has 2 aromatic rings. The third-order valence-corrected chi connectivity index (χ3v) is 7.26. The van der Waals surface area contributed by atoms with Crippen LogP contribution in [-0.4, -0.2) is 24.3 Å². The van der Waals surface area contributed by atoms with E-state index in [4.69, 9.17) is 9.47 Å². The van der Waals surface area contributed by atoms with Gasteiger partial charge in [-0.25, -0.2) is 0 Å². The molecule has 0 atom stereocenters. The predicted molar refractivity (Wildman–Crippen MR) is 142 cm³/mol. The molecule has 4 heteroatoms. The van der Waals surface area contributed by atoms with E-state index in [1.807, 2.05) is 24.3 Å². The Labute approximate surface area is 212 Å². The number of ether oxygens (including phenoxy) is 2. The lowest BCUT2D eigenvalue weighted by atomic mass is 9.75. The monoisotopic (exact) mass is 480 g/mol. The number of aliphatic hydroxyl groups is 1. The first-order chi connectivity index (χ1) is 17.1. The Morgan fingerprint density at radius 1 is 0.800 bits per heavy atom. The first-order valence-corrected chi connectivity index (χ1v) is 13.8. The summed E-state index contributed by atoms with van der Waals surface area (Å²) in [6.07, 6.45) is 11.8. The van der Waals surface area contributed by atoms with Gasteiger partial charge in [0.25, 0.3) is 0 Å². The molecule has 1 saturated carbocycles. The third kappa shape index (κ3) is 8.38. The maximum Gasteiger partial charge on any atom is 0.308 e. The fourth-order valence-electron chi connectivity index (χ4n) is 4.87. The molecule has 0 amide bonds. The van der Waals surface area contributed by atoms with E-state index in [0.29, 0.717) is 32.3 Å². The largest absolute Gasteiger partial charge is 0.494 e. The maximum absolute atomic E-state index is 12.4. The quantitative estimate of drug-likeness (QED) is 0.221. The van der Waals surface area contributed by atoms with Gasteiger partial charge in [-0.1, -0.05) is 88.8 Å². The van der Waals surface area contributed by atoms with Crippen LogP contribution in [0.1, 0.15) is 96.5 Å². The summed E-state index contributed by atoms with van der Waals surface area (Å²) in [5, 5.41) is 11.3. The zero-order valence-electron chi connectivity index (χ0n) is 21.8. The van der Waals surface area contributed by atoms with Gasteiger partial charge in [-0.05, 0) is 67.3 Å². The van der Waals surface area contributed by atoms with Crippen molar-refractivity contribution < 1.29 is 19.4 Å². The van der Waals surface area contributed by atoms with Crippen LogP contribution < -0.4 is 4.74 Å². The lowest BCUT2D eigenvalue weighted by Gasteiger charge is -2.35. The molecule has 1 aliphatic carbocycles. The molecule has 4 nitrogen and oxygen atoms in total. The minimum absolute atomic E-state index is 0.0897. The van der Waals surface area contributed by atoms with Crippen LogP contribution in [0.5, 0.6) is 5.75 Å². The van der Waals surface area contributed by atoms with E-state index < -0.39 is 5.60 Å². The van der Waals surface area contributed by atoms with Gasteiger partial charge in [0.05, 0.1) is 24.7 Å². The molecule has 0 unspecified atom stereocenters. The zero-order chi connectivity index (χ0) is 24.9. The number of esters is 1. The summed E-state index contributed by atoms with van der Waals surface area (Å²) in [4.78, 5) is 12.4. The lowest BCUT2D eigenvalue weighted by molar-refractivity contribution is -0.152. The van der Waals surface area contributed by atoms with Crippen LogP contribution in [0.4, 0.5) is 0 Å². The molecule has 0 saturated heterocycles. The van der Waals surface area contributed by atoms with Crippen molar-refractivity contribution in [3.8, 4) is 16.9 Å². The van der Waals surface area contributed by atoms with E-state index in [-0.39, 0.29) is 11.9 Å². The van der Waals surface area contributed by atoms with Crippen molar-refractivity contribution in [3.05, 3.63) is 54.1 Å². The number of carbonyl (C=O) groups is 1. The summed E-state index contributed by atoms with van der Waals surface area (Å²) in [5.41, 5.74) is 2.31. The van der Waals surface area contributed by atoms with Gasteiger partial charge in [-0.15, -0.1) is 0 Å². The van der Waals surface area contributed by atoms with Crippen molar-refractivity contribution in [2.24, 2.45) is 5.92 Å². The summed E-state index contributed by atoms with van der Waals surface area (Å²) in [6.45, 7) is 5.68. The highest BCUT2D eigenvalue weighted by Crippen LogP contribution is 2.40. The van der Waals surface area contributed by atoms with Crippen LogP contribution in [0.15, 0.2) is 48.5 Å². The zero-order valence-corrected chi connectivity index (χ0v) is 21.8. The molecule has 1 fully saturated rings. The Hall–Kier alpha value is -2.33. The molecule has 35 heavy (non-hydrogen) atoms. The molecule has 0 aromatic heterocycles. The average Bonchev–Trinajstić information content (AvgIpc) is 2.89.